The van der Waals surface area contributed by atoms with Gasteiger partial charge in [-0.15, -0.1) is 0 Å². The average molecular weight is 321 g/mol. The van der Waals surface area contributed by atoms with Gasteiger partial charge in [-0.1, -0.05) is 15.9 Å². The number of rotatable bonds is 1. The van der Waals surface area contributed by atoms with Gasteiger partial charge in [0.2, 0.25) is 0 Å². The molecular weight excluding hydrogens is 311 g/mol. The molecule has 0 fully saturated rings. The lowest BCUT2D eigenvalue weighted by molar-refractivity contribution is 1.03. The summed E-state index contributed by atoms with van der Waals surface area (Å²) in [6.07, 6.45) is 3.47. The van der Waals surface area contributed by atoms with Crippen LogP contribution in [0.3, 0.4) is 0 Å². The van der Waals surface area contributed by atoms with E-state index in [0.29, 0.717) is 0 Å². The van der Waals surface area contributed by atoms with E-state index in [1.165, 1.54) is 0 Å². The lowest BCUT2D eigenvalue weighted by atomic mass is 10.2. The van der Waals surface area contributed by atoms with E-state index in [4.69, 9.17) is 0 Å². The maximum absolute atomic E-state index is 4.50. The third kappa shape index (κ3) is 1.93. The molecule has 2 heterocycles. The van der Waals surface area contributed by atoms with Crippen LogP contribution in [0.2, 0.25) is 0 Å². The summed E-state index contributed by atoms with van der Waals surface area (Å²) in [6.45, 7) is 1.92. The van der Waals surface area contributed by atoms with Crippen LogP contribution >= 0.6 is 25.3 Å². The Morgan fingerprint density at radius 1 is 1.28 bits per heavy atom. The maximum atomic E-state index is 4.50. The molecule has 0 bridgehead atoms. The molecule has 4 nitrogen and oxygen atoms in total. The van der Waals surface area contributed by atoms with Gasteiger partial charge in [-0.25, -0.2) is 9.44 Å². The van der Waals surface area contributed by atoms with E-state index in [1.54, 1.807) is 16.8 Å². The summed E-state index contributed by atoms with van der Waals surface area (Å²) >= 11 is 3.48. The Morgan fingerprint density at radius 2 is 2.11 bits per heavy atom. The molecule has 1 aromatic carbocycles. The first-order chi connectivity index (χ1) is 8.65. The molecule has 2 aromatic heterocycles. The second-order valence-electron chi connectivity index (χ2n) is 4.00. The maximum Gasteiger partial charge on any atom is 0.120 e. The van der Waals surface area contributed by atoms with Crippen molar-refractivity contribution in [2.75, 3.05) is 0 Å². The summed E-state index contributed by atoms with van der Waals surface area (Å²) in [4.78, 5) is 8.64. The summed E-state index contributed by atoms with van der Waals surface area (Å²) in [5.41, 5.74) is 3.56. The molecule has 90 valence electrons. The second kappa shape index (κ2) is 4.41. The van der Waals surface area contributed by atoms with Crippen LogP contribution in [0.1, 0.15) is 5.69 Å². The number of fused-ring (bicyclic) bond motifs is 1. The predicted octanol–water partition coefficient (Wildman–Crippen LogP) is 3.20. The fraction of sp³-hybridized carbons (Fsp3) is 0.0833. The van der Waals surface area contributed by atoms with Crippen molar-refractivity contribution in [1.29, 1.82) is 0 Å². The number of benzene rings is 1. The van der Waals surface area contributed by atoms with Gasteiger partial charge >= 0.3 is 0 Å². The van der Waals surface area contributed by atoms with Crippen LogP contribution in [0.15, 0.2) is 35.1 Å². The van der Waals surface area contributed by atoms with E-state index < -0.39 is 0 Å². The van der Waals surface area contributed by atoms with Crippen molar-refractivity contribution < 1.29 is 0 Å². The van der Waals surface area contributed by atoms with E-state index in [-0.39, 0.29) is 0 Å². The fourth-order valence-electron chi connectivity index (χ4n) is 1.88. The van der Waals surface area contributed by atoms with Crippen LogP contribution in [0, 0.1) is 6.92 Å². The van der Waals surface area contributed by atoms with Crippen LogP contribution in [0.5, 0.6) is 0 Å². The highest BCUT2D eigenvalue weighted by molar-refractivity contribution is 9.10. The van der Waals surface area contributed by atoms with Crippen molar-refractivity contribution in [3.63, 3.8) is 0 Å². The number of nitrogens with zero attached hydrogens (tertiary/aromatic N) is 4. The highest BCUT2D eigenvalue weighted by atomic mass is 79.9. The van der Waals surface area contributed by atoms with Crippen LogP contribution in [-0.2, 0) is 0 Å². The van der Waals surface area contributed by atoms with Gasteiger partial charge < -0.3 is 0 Å². The molecule has 0 radical (unpaired) electrons. The topological polar surface area (TPSA) is 43.6 Å². The molecule has 0 N–H and O–H groups in total. The Balaban J connectivity index is 2.32. The molecule has 0 spiro atoms. The second-order valence-corrected chi connectivity index (χ2v) is 5.41. The highest BCUT2D eigenvalue weighted by Gasteiger charge is 2.12. The molecule has 0 aliphatic rings. The quantitative estimate of drug-likeness (QED) is 0.647. The van der Waals surface area contributed by atoms with Crippen LogP contribution in [0.25, 0.3) is 22.3 Å². The minimum Gasteiger partial charge on any atom is -0.261 e. The number of hydrogen-bond acceptors (Lipinski definition) is 3. The smallest absolute Gasteiger partial charge is 0.120 e. The molecule has 0 amide bonds. The molecule has 1 unspecified atom stereocenters. The molecule has 3 rings (SSSR count). The van der Waals surface area contributed by atoms with Crippen LogP contribution < -0.4 is 0 Å². The first-order valence-corrected chi connectivity index (χ1v) is 6.68. The van der Waals surface area contributed by atoms with Gasteiger partial charge in [0, 0.05) is 16.1 Å². The first kappa shape index (κ1) is 11.8. The van der Waals surface area contributed by atoms with Gasteiger partial charge in [0.25, 0.3) is 0 Å². The lowest BCUT2D eigenvalue weighted by Gasteiger charge is -1.98. The van der Waals surface area contributed by atoms with Crippen molar-refractivity contribution in [2.45, 2.75) is 6.92 Å². The summed E-state index contributed by atoms with van der Waals surface area (Å²) in [6, 6.07) is 6.06. The average Bonchev–Trinajstić information content (AvgIpc) is 2.66. The molecule has 0 saturated heterocycles. The standard InChI is InChI=1S/C12H10BrN4P/c1-7-5-14-6-10(15-7)12-9-4-8(13)2-3-11(9)17(18)16-12/h2-6H,18H2,1H3. The van der Waals surface area contributed by atoms with Gasteiger partial charge in [-0.3, -0.25) is 4.98 Å². The SMILES string of the molecule is Cc1cncc(-c2nn(P)c3ccc(Br)cc23)n1. The number of aromatic nitrogens is 4. The Bertz CT molecular complexity index is 738. The molecule has 18 heavy (non-hydrogen) atoms. The Labute approximate surface area is 115 Å². The lowest BCUT2D eigenvalue weighted by Crippen LogP contribution is -1.90. The summed E-state index contributed by atoms with van der Waals surface area (Å²) in [5, 5.41) is 5.55. The van der Waals surface area contributed by atoms with Crippen molar-refractivity contribution in [2.24, 2.45) is 0 Å². The van der Waals surface area contributed by atoms with E-state index in [9.17, 15) is 0 Å². The largest absolute Gasteiger partial charge is 0.261 e. The van der Waals surface area contributed by atoms with Crippen LogP contribution in [0.4, 0.5) is 0 Å². The predicted molar refractivity (Wildman–Crippen MR) is 78.3 cm³/mol. The van der Waals surface area contributed by atoms with Gasteiger partial charge in [-0.2, -0.15) is 5.10 Å². The van der Waals surface area contributed by atoms with E-state index >= 15 is 0 Å². The Kier molecular flexibility index (Phi) is 2.88. The van der Waals surface area contributed by atoms with Crippen LogP contribution in [-0.4, -0.2) is 19.5 Å². The normalized spacial score (nSPS) is 11.1. The van der Waals surface area contributed by atoms with Crippen molar-refractivity contribution in [1.82, 2.24) is 19.5 Å². The molecule has 0 aliphatic carbocycles. The van der Waals surface area contributed by atoms with Gasteiger partial charge in [0.05, 0.1) is 17.4 Å². The summed E-state index contributed by atoms with van der Waals surface area (Å²) in [7, 11) is 2.59. The van der Waals surface area contributed by atoms with Gasteiger partial charge in [-0.05, 0) is 34.5 Å². The summed E-state index contributed by atoms with van der Waals surface area (Å²) in [5.74, 6) is 0. The molecule has 1 atom stereocenters. The van der Waals surface area contributed by atoms with E-state index in [1.807, 2.05) is 25.1 Å². The minimum atomic E-state index is 0.791. The molecule has 0 aliphatic heterocycles. The van der Waals surface area contributed by atoms with Crippen molar-refractivity contribution in [3.8, 4) is 11.4 Å². The monoisotopic (exact) mass is 320 g/mol. The number of aryl methyl sites for hydroxylation is 1. The molecule has 0 saturated carbocycles. The van der Waals surface area contributed by atoms with Crippen molar-refractivity contribution in [3.05, 3.63) is 40.8 Å². The Morgan fingerprint density at radius 3 is 2.89 bits per heavy atom. The number of hydrogen-bond donors (Lipinski definition) is 0. The Hall–Kier alpha value is -1.32. The van der Waals surface area contributed by atoms with Gasteiger partial charge in [0.15, 0.2) is 0 Å². The highest BCUT2D eigenvalue weighted by Crippen LogP contribution is 2.29. The van der Waals surface area contributed by atoms with E-state index in [2.05, 4.69) is 40.4 Å². The molecular formula is C12H10BrN4P. The zero-order chi connectivity index (χ0) is 12.7. The fourth-order valence-corrected chi connectivity index (χ4v) is 2.58. The van der Waals surface area contributed by atoms with Gasteiger partial charge in [0.1, 0.15) is 11.4 Å². The first-order valence-electron chi connectivity index (χ1n) is 5.37. The zero-order valence-corrected chi connectivity index (χ0v) is 12.4. The minimum absolute atomic E-state index is 0.791. The van der Waals surface area contributed by atoms with E-state index in [0.717, 1.165) is 32.5 Å². The third-order valence-corrected chi connectivity index (χ3v) is 3.55. The summed E-state index contributed by atoms with van der Waals surface area (Å²) < 4.78 is 2.80. The molecule has 6 heteroatoms. The number of halogens is 1. The van der Waals surface area contributed by atoms with Crippen molar-refractivity contribution >= 4 is 36.2 Å². The molecule has 3 aromatic rings. The zero-order valence-electron chi connectivity index (χ0n) is 9.63. The third-order valence-electron chi connectivity index (χ3n) is 2.67.